The molecular formula is C29H23N3O3S. The quantitative estimate of drug-likeness (QED) is 0.241. The van der Waals surface area contributed by atoms with E-state index < -0.39 is 5.97 Å². The van der Waals surface area contributed by atoms with Crippen LogP contribution in [0.1, 0.15) is 21.5 Å². The van der Waals surface area contributed by atoms with E-state index in [2.05, 4.69) is 17.2 Å². The van der Waals surface area contributed by atoms with E-state index in [0.29, 0.717) is 16.6 Å². The van der Waals surface area contributed by atoms with Crippen molar-refractivity contribution in [2.45, 2.75) is 13.1 Å². The first-order valence-electron chi connectivity index (χ1n) is 11.4. The van der Waals surface area contributed by atoms with Gasteiger partial charge in [-0.2, -0.15) is 0 Å². The highest BCUT2D eigenvalue weighted by molar-refractivity contribution is 8.18. The predicted octanol–water partition coefficient (Wildman–Crippen LogP) is 6.33. The molecule has 0 spiro atoms. The Balaban J connectivity index is 1.53. The third kappa shape index (κ3) is 4.74. The molecule has 178 valence electrons. The van der Waals surface area contributed by atoms with Crippen LogP contribution in [0.5, 0.6) is 0 Å². The van der Waals surface area contributed by atoms with Crippen molar-refractivity contribution in [3.63, 3.8) is 0 Å². The molecule has 4 aromatic rings. The maximum atomic E-state index is 13.6. The number of amides is 1. The predicted molar refractivity (Wildman–Crippen MR) is 145 cm³/mol. The zero-order valence-corrected chi connectivity index (χ0v) is 20.2. The average molecular weight is 494 g/mol. The van der Waals surface area contributed by atoms with Crippen molar-refractivity contribution < 1.29 is 14.7 Å². The van der Waals surface area contributed by atoms with Gasteiger partial charge in [0.05, 0.1) is 22.7 Å². The highest BCUT2D eigenvalue weighted by Gasteiger charge is 2.33. The lowest BCUT2D eigenvalue weighted by Crippen LogP contribution is -2.28. The van der Waals surface area contributed by atoms with Crippen LogP contribution in [0.4, 0.5) is 5.69 Å². The summed E-state index contributed by atoms with van der Waals surface area (Å²) < 4.78 is 2.11. The summed E-state index contributed by atoms with van der Waals surface area (Å²) in [5, 5.41) is 10.8. The molecule has 3 aromatic carbocycles. The van der Waals surface area contributed by atoms with Crippen LogP contribution in [-0.4, -0.2) is 31.6 Å². The van der Waals surface area contributed by atoms with Gasteiger partial charge in [0.1, 0.15) is 0 Å². The Morgan fingerprint density at radius 2 is 1.72 bits per heavy atom. The number of aliphatic imine (C=N–C) groups is 1. The molecule has 5 rings (SSSR count). The highest BCUT2D eigenvalue weighted by atomic mass is 32.2. The van der Waals surface area contributed by atoms with Gasteiger partial charge in [0.25, 0.3) is 5.91 Å². The van der Waals surface area contributed by atoms with Crippen molar-refractivity contribution in [2.24, 2.45) is 4.99 Å². The monoisotopic (exact) mass is 493 g/mol. The second-order valence-corrected chi connectivity index (χ2v) is 9.29. The van der Waals surface area contributed by atoms with Crippen LogP contribution in [0.2, 0.25) is 0 Å². The number of para-hydroxylation sites is 2. The molecule has 1 fully saturated rings. The van der Waals surface area contributed by atoms with Gasteiger partial charge in [0.15, 0.2) is 5.17 Å². The fourth-order valence-electron chi connectivity index (χ4n) is 4.10. The number of carboxylic acid groups (broad SMARTS) is 1. The Hall–Kier alpha value is -4.36. The number of allylic oxidation sites excluding steroid dienone is 1. The summed E-state index contributed by atoms with van der Waals surface area (Å²) in [4.78, 5) is 31.8. The van der Waals surface area contributed by atoms with Gasteiger partial charge in [-0.05, 0) is 53.7 Å². The number of carboxylic acids is 1. The minimum Gasteiger partial charge on any atom is -0.478 e. The first-order chi connectivity index (χ1) is 17.5. The molecule has 0 radical (unpaired) electrons. The first kappa shape index (κ1) is 23.4. The molecule has 0 saturated carbocycles. The smallest absolute Gasteiger partial charge is 0.335 e. The van der Waals surface area contributed by atoms with Crippen LogP contribution in [0.15, 0.2) is 108 Å². The Kier molecular flexibility index (Phi) is 6.56. The van der Waals surface area contributed by atoms with Crippen LogP contribution in [0, 0.1) is 0 Å². The third-order valence-electron chi connectivity index (χ3n) is 5.84. The van der Waals surface area contributed by atoms with E-state index in [1.807, 2.05) is 66.9 Å². The maximum Gasteiger partial charge on any atom is 0.335 e. The molecule has 36 heavy (non-hydrogen) atoms. The number of benzene rings is 3. The molecule has 1 aliphatic heterocycles. The summed E-state index contributed by atoms with van der Waals surface area (Å²) in [5.74, 6) is -1.13. The zero-order valence-electron chi connectivity index (χ0n) is 19.4. The molecule has 1 aliphatic rings. The molecule has 0 bridgehead atoms. The van der Waals surface area contributed by atoms with Gasteiger partial charge in [-0.15, -0.1) is 6.58 Å². The van der Waals surface area contributed by atoms with Crippen molar-refractivity contribution in [3.05, 3.63) is 119 Å². The summed E-state index contributed by atoms with van der Waals surface area (Å²) in [6.45, 7) is 4.81. The van der Waals surface area contributed by atoms with Gasteiger partial charge >= 0.3 is 5.97 Å². The molecule has 0 unspecified atom stereocenters. The number of amidine groups is 1. The number of aromatic carboxylic acids is 1. The van der Waals surface area contributed by atoms with Crippen molar-refractivity contribution in [3.8, 4) is 0 Å². The van der Waals surface area contributed by atoms with Gasteiger partial charge in [0, 0.05) is 29.2 Å². The molecule has 1 N–H and O–H groups in total. The Morgan fingerprint density at radius 1 is 1.00 bits per heavy atom. The van der Waals surface area contributed by atoms with Crippen LogP contribution in [0.25, 0.3) is 17.0 Å². The lowest BCUT2D eigenvalue weighted by molar-refractivity contribution is -0.122. The molecule has 6 nitrogen and oxygen atoms in total. The van der Waals surface area contributed by atoms with Crippen molar-refractivity contribution in [1.82, 2.24) is 9.47 Å². The van der Waals surface area contributed by atoms with Crippen molar-refractivity contribution in [2.75, 3.05) is 0 Å². The van der Waals surface area contributed by atoms with Crippen LogP contribution in [-0.2, 0) is 17.9 Å². The Morgan fingerprint density at radius 3 is 2.44 bits per heavy atom. The number of aromatic nitrogens is 1. The van der Waals surface area contributed by atoms with Gasteiger partial charge in [-0.1, -0.05) is 54.6 Å². The number of carbonyl (C=O) groups is 2. The normalized spacial score (nSPS) is 15.8. The van der Waals surface area contributed by atoms with Crippen molar-refractivity contribution >= 4 is 51.5 Å². The summed E-state index contributed by atoms with van der Waals surface area (Å²) in [5.41, 5.74) is 3.81. The van der Waals surface area contributed by atoms with E-state index >= 15 is 0 Å². The van der Waals surface area contributed by atoms with E-state index in [4.69, 9.17) is 4.99 Å². The number of rotatable bonds is 7. The van der Waals surface area contributed by atoms with Crippen LogP contribution in [0.3, 0.4) is 0 Å². The molecule has 0 aliphatic carbocycles. The van der Waals surface area contributed by atoms with Crippen LogP contribution >= 0.6 is 11.8 Å². The van der Waals surface area contributed by atoms with E-state index in [-0.39, 0.29) is 18.0 Å². The molecule has 1 aromatic heterocycles. The minimum absolute atomic E-state index is 0.141. The third-order valence-corrected chi connectivity index (χ3v) is 6.85. The summed E-state index contributed by atoms with van der Waals surface area (Å²) in [6, 6.07) is 24.1. The highest BCUT2D eigenvalue weighted by Crippen LogP contribution is 2.36. The second-order valence-electron chi connectivity index (χ2n) is 8.28. The maximum absolute atomic E-state index is 13.6. The van der Waals surface area contributed by atoms with Crippen LogP contribution < -0.4 is 0 Å². The number of hydrogen-bond acceptors (Lipinski definition) is 4. The van der Waals surface area contributed by atoms with Gasteiger partial charge in [-0.3, -0.25) is 9.69 Å². The minimum atomic E-state index is -0.985. The second kappa shape index (κ2) is 10.1. The zero-order chi connectivity index (χ0) is 25.1. The lowest BCUT2D eigenvalue weighted by Gasteiger charge is -2.16. The fraction of sp³-hybridized carbons (Fsp3) is 0.0690. The largest absolute Gasteiger partial charge is 0.478 e. The Labute approximate surface area is 212 Å². The molecule has 1 saturated heterocycles. The molecular weight excluding hydrogens is 470 g/mol. The SMILES string of the molecule is C=CCn1cc(/C=C2\SC(=Nc3ccccc3)N(Cc3ccc(C(=O)O)cc3)C2=O)c2ccccc21. The number of hydrogen-bond donors (Lipinski definition) is 1. The average Bonchev–Trinajstić information content (AvgIpc) is 3.38. The van der Waals surface area contributed by atoms with E-state index in [9.17, 15) is 14.7 Å². The number of carbonyl (C=O) groups excluding carboxylic acids is 1. The topological polar surface area (TPSA) is 74.9 Å². The standard InChI is InChI=1S/C29H23N3O3S/c1-2-16-31-19-22(24-10-6-7-11-25(24)31)17-26-27(33)32(18-20-12-14-21(15-13-20)28(34)35)29(36-26)30-23-8-4-3-5-9-23/h2-15,17,19H,1,16,18H2,(H,34,35)/b26-17-,30-29?. The molecule has 7 heteroatoms. The van der Waals surface area contributed by atoms with E-state index in [1.54, 1.807) is 29.2 Å². The summed E-state index contributed by atoms with van der Waals surface area (Å²) in [6.07, 6.45) is 5.80. The van der Waals surface area contributed by atoms with E-state index in [0.717, 1.165) is 27.7 Å². The van der Waals surface area contributed by atoms with Gasteiger partial charge in [0.2, 0.25) is 0 Å². The first-order valence-corrected chi connectivity index (χ1v) is 12.2. The molecule has 2 heterocycles. The number of thioether (sulfide) groups is 1. The summed E-state index contributed by atoms with van der Waals surface area (Å²) >= 11 is 1.34. The van der Waals surface area contributed by atoms with Gasteiger partial charge < -0.3 is 9.67 Å². The molecule has 0 atom stereocenters. The molecule has 1 amide bonds. The lowest BCUT2D eigenvalue weighted by atomic mass is 10.1. The van der Waals surface area contributed by atoms with Gasteiger partial charge in [-0.25, -0.2) is 9.79 Å². The number of nitrogens with zero attached hydrogens (tertiary/aromatic N) is 3. The number of fused-ring (bicyclic) bond motifs is 1. The summed E-state index contributed by atoms with van der Waals surface area (Å²) in [7, 11) is 0. The van der Waals surface area contributed by atoms with Crippen molar-refractivity contribution in [1.29, 1.82) is 0 Å². The Bertz CT molecular complexity index is 1520. The van der Waals surface area contributed by atoms with E-state index in [1.165, 1.54) is 11.8 Å². The fourth-order valence-corrected chi connectivity index (χ4v) is 5.09.